The predicted molar refractivity (Wildman–Crippen MR) is 75.7 cm³/mol. The third-order valence-electron chi connectivity index (χ3n) is 3.13. The lowest BCUT2D eigenvalue weighted by Gasteiger charge is -2.24. The molecule has 0 aromatic carbocycles. The van der Waals surface area contributed by atoms with Gasteiger partial charge >= 0.3 is 0 Å². The van der Waals surface area contributed by atoms with Crippen molar-refractivity contribution < 1.29 is 4.79 Å². The minimum absolute atomic E-state index is 0.0908. The highest BCUT2D eigenvalue weighted by Crippen LogP contribution is 2.29. The summed E-state index contributed by atoms with van der Waals surface area (Å²) in [6.45, 7) is 6.73. The average Bonchev–Trinajstić information content (AvgIpc) is 2.75. The Hall–Kier alpha value is -0.940. The maximum absolute atomic E-state index is 12.0. The van der Waals surface area contributed by atoms with Gasteiger partial charge in [0, 0.05) is 18.3 Å². The molecule has 102 valence electrons. The Bertz CT molecular complexity index is 403. The molecule has 5 heteroatoms. The lowest BCUT2D eigenvalue weighted by atomic mass is 10.2. The van der Waals surface area contributed by atoms with Crippen LogP contribution in [0.15, 0.2) is 0 Å². The second kappa shape index (κ2) is 6.85. The van der Waals surface area contributed by atoms with Crippen molar-refractivity contribution in [3.8, 4) is 0 Å². The zero-order chi connectivity index (χ0) is 13.7. The third kappa shape index (κ3) is 3.53. The minimum Gasteiger partial charge on any atom is -0.338 e. The number of nitrogens with zero attached hydrogens (tertiary/aromatic N) is 2. The van der Waals surface area contributed by atoms with E-state index in [4.69, 9.17) is 5.73 Å². The van der Waals surface area contributed by atoms with E-state index >= 15 is 0 Å². The Morgan fingerprint density at radius 2 is 2.22 bits per heavy atom. The van der Waals surface area contributed by atoms with Crippen molar-refractivity contribution in [2.75, 3.05) is 13.6 Å². The predicted octanol–water partition coefficient (Wildman–Crippen LogP) is 2.27. The van der Waals surface area contributed by atoms with Crippen molar-refractivity contribution in [3.05, 3.63) is 15.6 Å². The van der Waals surface area contributed by atoms with Crippen LogP contribution in [0, 0.1) is 6.92 Å². The Morgan fingerprint density at radius 1 is 1.56 bits per heavy atom. The van der Waals surface area contributed by atoms with E-state index in [1.807, 2.05) is 14.0 Å². The van der Waals surface area contributed by atoms with Crippen LogP contribution in [0.4, 0.5) is 0 Å². The molecule has 0 bridgehead atoms. The van der Waals surface area contributed by atoms with Crippen LogP contribution in [0.2, 0.25) is 0 Å². The largest absolute Gasteiger partial charge is 0.338 e. The zero-order valence-electron chi connectivity index (χ0n) is 11.7. The number of thiazole rings is 1. The fourth-order valence-electron chi connectivity index (χ4n) is 1.83. The number of aryl methyl sites for hydroxylation is 2. The molecule has 18 heavy (non-hydrogen) atoms. The standard InChI is InChI=1S/C13H23N3OS/c1-5-11-15-9(2)13(18-11)10(3)16(4)12(17)7-6-8-14/h10H,5-8,14H2,1-4H3. The highest BCUT2D eigenvalue weighted by molar-refractivity contribution is 7.11. The van der Waals surface area contributed by atoms with Crippen molar-refractivity contribution in [2.24, 2.45) is 5.73 Å². The smallest absolute Gasteiger partial charge is 0.222 e. The topological polar surface area (TPSA) is 59.2 Å². The van der Waals surface area contributed by atoms with Crippen molar-refractivity contribution >= 4 is 17.2 Å². The molecule has 1 aromatic heterocycles. The van der Waals surface area contributed by atoms with Gasteiger partial charge in [-0.2, -0.15) is 0 Å². The van der Waals surface area contributed by atoms with Crippen LogP contribution >= 0.6 is 11.3 Å². The van der Waals surface area contributed by atoms with Gasteiger partial charge in [0.15, 0.2) is 0 Å². The van der Waals surface area contributed by atoms with Crippen LogP contribution in [0.1, 0.15) is 48.3 Å². The average molecular weight is 269 g/mol. The van der Waals surface area contributed by atoms with Crippen LogP contribution < -0.4 is 5.73 Å². The van der Waals surface area contributed by atoms with Gasteiger partial charge in [0.1, 0.15) is 0 Å². The summed E-state index contributed by atoms with van der Waals surface area (Å²) >= 11 is 1.71. The summed E-state index contributed by atoms with van der Waals surface area (Å²) in [5.74, 6) is 0.152. The molecule has 0 aliphatic carbocycles. The van der Waals surface area contributed by atoms with Gasteiger partial charge in [-0.1, -0.05) is 6.92 Å². The van der Waals surface area contributed by atoms with Gasteiger partial charge in [0.05, 0.1) is 16.7 Å². The molecule has 0 spiro atoms. The van der Waals surface area contributed by atoms with Crippen LogP contribution in [0.3, 0.4) is 0 Å². The highest BCUT2D eigenvalue weighted by Gasteiger charge is 2.21. The molecule has 0 fully saturated rings. The molecular formula is C13H23N3OS. The van der Waals surface area contributed by atoms with Crippen molar-refractivity contribution in [1.29, 1.82) is 0 Å². The maximum atomic E-state index is 12.0. The summed E-state index contributed by atoms with van der Waals surface area (Å²) in [5, 5.41) is 1.14. The molecule has 0 aliphatic heterocycles. The SMILES string of the molecule is CCc1nc(C)c(C(C)N(C)C(=O)CCCN)s1. The van der Waals surface area contributed by atoms with Gasteiger partial charge in [-0.3, -0.25) is 4.79 Å². The molecule has 1 unspecified atom stereocenters. The van der Waals surface area contributed by atoms with Crippen molar-refractivity contribution in [2.45, 2.75) is 46.1 Å². The first-order valence-electron chi connectivity index (χ1n) is 6.43. The summed E-state index contributed by atoms with van der Waals surface area (Å²) in [6.07, 6.45) is 2.22. The molecule has 1 amide bonds. The number of aromatic nitrogens is 1. The van der Waals surface area contributed by atoms with E-state index in [2.05, 4.69) is 18.8 Å². The number of hydrogen-bond acceptors (Lipinski definition) is 4. The van der Waals surface area contributed by atoms with E-state index in [0.717, 1.165) is 23.5 Å². The Morgan fingerprint density at radius 3 is 2.72 bits per heavy atom. The zero-order valence-corrected chi connectivity index (χ0v) is 12.5. The number of nitrogens with two attached hydrogens (primary N) is 1. The van der Waals surface area contributed by atoms with Crippen LogP contribution in [-0.2, 0) is 11.2 Å². The molecule has 1 rings (SSSR count). The van der Waals surface area contributed by atoms with Gasteiger partial charge in [-0.05, 0) is 33.2 Å². The fourth-order valence-corrected chi connectivity index (χ4v) is 2.93. The summed E-state index contributed by atoms with van der Waals surface area (Å²) in [6, 6.07) is 0.0908. The lowest BCUT2D eigenvalue weighted by molar-refractivity contribution is -0.131. The molecule has 1 heterocycles. The molecule has 1 aromatic rings. The highest BCUT2D eigenvalue weighted by atomic mass is 32.1. The first kappa shape index (κ1) is 15.1. The van der Waals surface area contributed by atoms with Gasteiger partial charge < -0.3 is 10.6 Å². The lowest BCUT2D eigenvalue weighted by Crippen LogP contribution is -2.29. The van der Waals surface area contributed by atoms with E-state index in [-0.39, 0.29) is 11.9 Å². The van der Waals surface area contributed by atoms with E-state index in [9.17, 15) is 4.79 Å². The summed E-state index contributed by atoms with van der Waals surface area (Å²) in [4.78, 5) is 19.5. The molecule has 0 aliphatic rings. The number of carbonyl (C=O) groups is 1. The first-order valence-corrected chi connectivity index (χ1v) is 7.24. The van der Waals surface area contributed by atoms with Gasteiger partial charge in [0.2, 0.25) is 5.91 Å². The van der Waals surface area contributed by atoms with Gasteiger partial charge in [0.25, 0.3) is 0 Å². The normalized spacial score (nSPS) is 12.5. The quantitative estimate of drug-likeness (QED) is 0.862. The van der Waals surface area contributed by atoms with E-state index in [1.165, 1.54) is 4.88 Å². The Labute approximate surface area is 113 Å². The van der Waals surface area contributed by atoms with Crippen molar-refractivity contribution in [3.63, 3.8) is 0 Å². The maximum Gasteiger partial charge on any atom is 0.222 e. The summed E-state index contributed by atoms with van der Waals surface area (Å²) < 4.78 is 0. The van der Waals surface area contributed by atoms with Crippen molar-refractivity contribution in [1.82, 2.24) is 9.88 Å². The molecule has 0 radical (unpaired) electrons. The molecule has 4 nitrogen and oxygen atoms in total. The summed E-state index contributed by atoms with van der Waals surface area (Å²) in [7, 11) is 1.86. The van der Waals surface area contributed by atoms with E-state index in [0.29, 0.717) is 13.0 Å². The van der Waals surface area contributed by atoms with E-state index in [1.54, 1.807) is 16.2 Å². The Balaban J connectivity index is 2.75. The number of rotatable bonds is 6. The van der Waals surface area contributed by atoms with Crippen LogP contribution in [0.25, 0.3) is 0 Å². The fraction of sp³-hybridized carbons (Fsp3) is 0.692. The monoisotopic (exact) mass is 269 g/mol. The van der Waals surface area contributed by atoms with Crippen LogP contribution in [0.5, 0.6) is 0 Å². The second-order valence-electron chi connectivity index (χ2n) is 4.48. The van der Waals surface area contributed by atoms with Crippen LogP contribution in [-0.4, -0.2) is 29.4 Å². The molecule has 0 saturated carbocycles. The third-order valence-corrected chi connectivity index (χ3v) is 4.60. The van der Waals surface area contributed by atoms with E-state index < -0.39 is 0 Å². The van der Waals surface area contributed by atoms with Gasteiger partial charge in [-0.25, -0.2) is 4.98 Å². The summed E-state index contributed by atoms with van der Waals surface area (Å²) in [5.41, 5.74) is 6.48. The minimum atomic E-state index is 0.0908. The molecule has 2 N–H and O–H groups in total. The second-order valence-corrected chi connectivity index (χ2v) is 5.60. The number of carbonyl (C=O) groups excluding carboxylic acids is 1. The molecule has 1 atom stereocenters. The molecule has 0 saturated heterocycles. The Kier molecular flexibility index (Phi) is 5.75. The number of amides is 1. The van der Waals surface area contributed by atoms with Gasteiger partial charge in [-0.15, -0.1) is 11.3 Å². The number of hydrogen-bond donors (Lipinski definition) is 1. The molecular weight excluding hydrogens is 246 g/mol. The first-order chi connectivity index (χ1) is 8.51.